The quantitative estimate of drug-likeness (QED) is 0.845. The van der Waals surface area contributed by atoms with Crippen LogP contribution in [-0.4, -0.2) is 25.7 Å². The Labute approximate surface area is 124 Å². The van der Waals surface area contributed by atoms with Crippen LogP contribution in [0.3, 0.4) is 0 Å². The Morgan fingerprint density at radius 3 is 2.65 bits per heavy atom. The lowest BCUT2D eigenvalue weighted by Gasteiger charge is -2.29. The summed E-state index contributed by atoms with van der Waals surface area (Å²) in [5.74, 6) is -0.781. The summed E-state index contributed by atoms with van der Waals surface area (Å²) in [5, 5.41) is 10.1. The van der Waals surface area contributed by atoms with Gasteiger partial charge in [-0.2, -0.15) is 0 Å². The van der Waals surface area contributed by atoms with Crippen molar-refractivity contribution in [2.45, 2.75) is 37.7 Å². The normalized spacial score (nSPS) is 16.7. The zero-order valence-corrected chi connectivity index (χ0v) is 13.2. The summed E-state index contributed by atoms with van der Waals surface area (Å²) in [6.07, 6.45) is 0.704. The van der Waals surface area contributed by atoms with Crippen molar-refractivity contribution < 1.29 is 17.9 Å². The number of sulfonamides is 1. The van der Waals surface area contributed by atoms with Crippen molar-refractivity contribution in [2.24, 2.45) is 5.92 Å². The van der Waals surface area contributed by atoms with Gasteiger partial charge in [-0.15, -0.1) is 0 Å². The van der Waals surface area contributed by atoms with Crippen LogP contribution in [0.4, 0.5) is 4.39 Å². The van der Waals surface area contributed by atoms with E-state index in [0.29, 0.717) is 6.42 Å². The second kappa shape index (κ2) is 6.39. The van der Waals surface area contributed by atoms with E-state index in [0.717, 1.165) is 12.1 Å². The largest absolute Gasteiger partial charge is 0.389 e. The third-order valence-electron chi connectivity index (χ3n) is 3.48. The molecule has 0 amide bonds. The Balaban J connectivity index is 2.94. The summed E-state index contributed by atoms with van der Waals surface area (Å²) in [4.78, 5) is -0.334. The molecule has 2 atom stereocenters. The van der Waals surface area contributed by atoms with Crippen LogP contribution in [0.1, 0.15) is 27.2 Å². The number of halogens is 2. The second-order valence-corrected chi connectivity index (χ2v) is 7.21. The fourth-order valence-corrected chi connectivity index (χ4v) is 3.27. The molecule has 0 radical (unpaired) electrons. The molecule has 2 unspecified atom stereocenters. The van der Waals surface area contributed by atoms with E-state index in [1.807, 2.05) is 13.8 Å². The summed E-state index contributed by atoms with van der Waals surface area (Å²) in [6, 6.07) is 3.11. The molecule has 0 aromatic heterocycles. The molecule has 7 heteroatoms. The maximum absolute atomic E-state index is 13.1. The minimum atomic E-state index is -3.97. The molecule has 0 heterocycles. The van der Waals surface area contributed by atoms with Crippen molar-refractivity contribution in [3.63, 3.8) is 0 Å². The van der Waals surface area contributed by atoms with Gasteiger partial charge in [0, 0.05) is 6.54 Å². The molecule has 4 nitrogen and oxygen atoms in total. The molecule has 114 valence electrons. The van der Waals surface area contributed by atoms with Gasteiger partial charge in [0.05, 0.1) is 10.6 Å². The molecule has 1 aromatic carbocycles. The summed E-state index contributed by atoms with van der Waals surface area (Å²) in [5.41, 5.74) is -1.19. The number of hydrogen-bond donors (Lipinski definition) is 2. The lowest BCUT2D eigenvalue weighted by Crippen LogP contribution is -2.45. The molecule has 1 aromatic rings. The predicted octanol–water partition coefficient (Wildman–Crippen LogP) is 2.55. The molecule has 0 aliphatic rings. The molecule has 1 rings (SSSR count). The highest BCUT2D eigenvalue weighted by Crippen LogP contribution is 2.24. The monoisotopic (exact) mass is 323 g/mol. The predicted molar refractivity (Wildman–Crippen MR) is 76.7 cm³/mol. The van der Waals surface area contributed by atoms with Gasteiger partial charge in [0.2, 0.25) is 10.0 Å². The van der Waals surface area contributed by atoms with E-state index in [1.165, 1.54) is 6.07 Å². The average Bonchev–Trinajstić information content (AvgIpc) is 2.38. The highest BCUT2D eigenvalue weighted by Gasteiger charge is 2.29. The summed E-state index contributed by atoms with van der Waals surface area (Å²) in [7, 11) is -3.97. The number of rotatable bonds is 6. The van der Waals surface area contributed by atoms with Crippen LogP contribution in [-0.2, 0) is 10.0 Å². The Morgan fingerprint density at radius 1 is 1.50 bits per heavy atom. The van der Waals surface area contributed by atoms with E-state index in [4.69, 9.17) is 11.6 Å². The first-order valence-corrected chi connectivity index (χ1v) is 8.13. The third kappa shape index (κ3) is 4.15. The number of nitrogens with one attached hydrogen (secondary N) is 1. The molecule has 20 heavy (non-hydrogen) atoms. The van der Waals surface area contributed by atoms with E-state index in [1.54, 1.807) is 6.92 Å². The fourth-order valence-electron chi connectivity index (χ4n) is 1.62. The highest BCUT2D eigenvalue weighted by molar-refractivity contribution is 7.89. The van der Waals surface area contributed by atoms with Crippen molar-refractivity contribution in [3.05, 3.63) is 29.0 Å². The molecule has 0 saturated heterocycles. The van der Waals surface area contributed by atoms with Crippen molar-refractivity contribution in [1.82, 2.24) is 4.72 Å². The average molecular weight is 324 g/mol. The van der Waals surface area contributed by atoms with Crippen LogP contribution < -0.4 is 4.72 Å². The maximum Gasteiger partial charge on any atom is 0.242 e. The smallest absolute Gasteiger partial charge is 0.242 e. The minimum Gasteiger partial charge on any atom is -0.389 e. The van der Waals surface area contributed by atoms with Crippen LogP contribution in [0.25, 0.3) is 0 Å². The molecular weight excluding hydrogens is 305 g/mol. The first-order chi connectivity index (χ1) is 9.10. The molecule has 0 aliphatic carbocycles. The van der Waals surface area contributed by atoms with E-state index < -0.39 is 21.4 Å². The van der Waals surface area contributed by atoms with Gasteiger partial charge in [0.25, 0.3) is 0 Å². The number of aliphatic hydroxyl groups is 1. The van der Waals surface area contributed by atoms with Crippen molar-refractivity contribution in [1.29, 1.82) is 0 Å². The zero-order valence-electron chi connectivity index (χ0n) is 11.7. The minimum absolute atomic E-state index is 0.0675. The van der Waals surface area contributed by atoms with E-state index in [-0.39, 0.29) is 22.4 Å². The Kier molecular flexibility index (Phi) is 5.54. The Bertz CT molecular complexity index is 575. The summed E-state index contributed by atoms with van der Waals surface area (Å²) >= 11 is 5.77. The fraction of sp³-hybridized carbons (Fsp3) is 0.538. The first-order valence-electron chi connectivity index (χ1n) is 6.27. The van der Waals surface area contributed by atoms with E-state index in [2.05, 4.69) is 4.72 Å². The van der Waals surface area contributed by atoms with Crippen molar-refractivity contribution in [3.8, 4) is 0 Å². The van der Waals surface area contributed by atoms with Gasteiger partial charge in [0.1, 0.15) is 10.7 Å². The first kappa shape index (κ1) is 17.4. The van der Waals surface area contributed by atoms with Crippen LogP contribution >= 0.6 is 11.6 Å². The van der Waals surface area contributed by atoms with E-state index in [9.17, 15) is 17.9 Å². The standard InChI is InChI=1S/C13H19ClFNO3S/c1-4-9(2)13(3,17)8-16-20(18,19)12-7-10(15)5-6-11(12)14/h5-7,9,16-17H,4,8H2,1-3H3. The lowest BCUT2D eigenvalue weighted by atomic mass is 9.89. The molecule has 0 aliphatic heterocycles. The van der Waals surface area contributed by atoms with Gasteiger partial charge in [-0.3, -0.25) is 0 Å². The molecule has 0 bridgehead atoms. The molecule has 0 spiro atoms. The van der Waals surface area contributed by atoms with Gasteiger partial charge >= 0.3 is 0 Å². The second-order valence-electron chi connectivity index (χ2n) is 5.07. The van der Waals surface area contributed by atoms with Crippen molar-refractivity contribution >= 4 is 21.6 Å². The summed E-state index contributed by atoms with van der Waals surface area (Å²) < 4.78 is 39.6. The van der Waals surface area contributed by atoms with E-state index >= 15 is 0 Å². The molecule has 0 fully saturated rings. The van der Waals surface area contributed by atoms with Crippen LogP contribution in [0, 0.1) is 11.7 Å². The van der Waals surface area contributed by atoms with Gasteiger partial charge < -0.3 is 5.11 Å². The molecule has 2 N–H and O–H groups in total. The van der Waals surface area contributed by atoms with Crippen molar-refractivity contribution in [2.75, 3.05) is 6.54 Å². The Hall–Kier alpha value is -0.690. The maximum atomic E-state index is 13.1. The molecular formula is C13H19ClFNO3S. The number of hydrogen-bond acceptors (Lipinski definition) is 3. The number of benzene rings is 1. The van der Waals surface area contributed by atoms with Crippen LogP contribution in [0.5, 0.6) is 0 Å². The lowest BCUT2D eigenvalue weighted by molar-refractivity contribution is 0.0102. The van der Waals surface area contributed by atoms with Crippen LogP contribution in [0.2, 0.25) is 5.02 Å². The van der Waals surface area contributed by atoms with Gasteiger partial charge in [-0.25, -0.2) is 17.5 Å². The van der Waals surface area contributed by atoms with Gasteiger partial charge in [0.15, 0.2) is 0 Å². The third-order valence-corrected chi connectivity index (χ3v) is 5.36. The molecule has 0 saturated carbocycles. The van der Waals surface area contributed by atoms with Gasteiger partial charge in [-0.05, 0) is 31.0 Å². The van der Waals surface area contributed by atoms with Crippen LogP contribution in [0.15, 0.2) is 23.1 Å². The summed E-state index contributed by atoms with van der Waals surface area (Å²) in [6.45, 7) is 5.11. The van der Waals surface area contributed by atoms with Gasteiger partial charge in [-0.1, -0.05) is 31.9 Å². The highest BCUT2D eigenvalue weighted by atomic mass is 35.5. The zero-order chi connectivity index (χ0) is 15.6. The Morgan fingerprint density at radius 2 is 2.10 bits per heavy atom. The SMILES string of the molecule is CCC(C)C(C)(O)CNS(=O)(=O)c1cc(F)ccc1Cl. The topological polar surface area (TPSA) is 66.4 Å².